The van der Waals surface area contributed by atoms with E-state index >= 15 is 0 Å². The number of benzene rings is 1. The molecule has 0 aromatic heterocycles. The molecule has 0 aliphatic rings. The fourth-order valence-electron chi connectivity index (χ4n) is 1.11. The summed E-state index contributed by atoms with van der Waals surface area (Å²) in [4.78, 5) is 1.22. The van der Waals surface area contributed by atoms with E-state index in [1.807, 2.05) is 30.0 Å². The predicted octanol–water partition coefficient (Wildman–Crippen LogP) is 3.69. The molecule has 0 heterocycles. The fraction of sp³-hybridized carbons (Fsp3) is 0.455. The van der Waals surface area contributed by atoms with Gasteiger partial charge in [0, 0.05) is 21.7 Å². The molecule has 14 heavy (non-hydrogen) atoms. The second-order valence-electron chi connectivity index (χ2n) is 3.29. The molecule has 0 spiro atoms. The zero-order valence-corrected chi connectivity index (χ0v) is 10.2. The van der Waals surface area contributed by atoms with Crippen LogP contribution < -0.4 is 5.73 Å². The van der Waals surface area contributed by atoms with Gasteiger partial charge >= 0.3 is 0 Å². The topological polar surface area (TPSA) is 26.0 Å². The summed E-state index contributed by atoms with van der Waals surface area (Å²) in [7, 11) is 0. The number of thioether (sulfide) groups is 1. The smallest absolute Gasteiger partial charge is 0.0417 e. The molecule has 1 aromatic rings. The molecule has 1 unspecified atom stereocenters. The minimum Gasteiger partial charge on any atom is -0.326 e. The van der Waals surface area contributed by atoms with E-state index in [1.54, 1.807) is 0 Å². The minimum atomic E-state index is 0.579. The zero-order valence-electron chi connectivity index (χ0n) is 8.59. The van der Waals surface area contributed by atoms with Crippen molar-refractivity contribution in [3.05, 3.63) is 28.8 Å². The van der Waals surface area contributed by atoms with Crippen molar-refractivity contribution in [2.75, 3.05) is 0 Å². The molecule has 0 radical (unpaired) electrons. The third-order valence-corrected chi connectivity index (χ3v) is 3.76. The van der Waals surface area contributed by atoms with E-state index in [9.17, 15) is 0 Å². The second kappa shape index (κ2) is 5.64. The van der Waals surface area contributed by atoms with Gasteiger partial charge < -0.3 is 5.73 Å². The van der Waals surface area contributed by atoms with Gasteiger partial charge in [0.15, 0.2) is 0 Å². The van der Waals surface area contributed by atoms with Crippen molar-refractivity contribution in [1.29, 1.82) is 0 Å². The van der Waals surface area contributed by atoms with Crippen molar-refractivity contribution < 1.29 is 0 Å². The van der Waals surface area contributed by atoms with Crippen LogP contribution in [0.15, 0.2) is 23.1 Å². The average Bonchev–Trinajstić information content (AvgIpc) is 2.18. The molecule has 1 nitrogen and oxygen atoms in total. The molecular weight excluding hydrogens is 214 g/mol. The molecule has 0 bridgehead atoms. The third kappa shape index (κ3) is 3.19. The molecule has 0 aliphatic carbocycles. The number of hydrogen-bond acceptors (Lipinski definition) is 2. The summed E-state index contributed by atoms with van der Waals surface area (Å²) in [5, 5.41) is 1.40. The number of rotatable bonds is 4. The normalized spacial score (nSPS) is 12.9. The highest BCUT2D eigenvalue weighted by Gasteiger charge is 2.06. The molecule has 1 aromatic carbocycles. The maximum atomic E-state index is 5.95. The van der Waals surface area contributed by atoms with Gasteiger partial charge in [0.2, 0.25) is 0 Å². The summed E-state index contributed by atoms with van der Waals surface area (Å²) in [5.74, 6) is 0. The van der Waals surface area contributed by atoms with Gasteiger partial charge in [0.25, 0.3) is 0 Å². The van der Waals surface area contributed by atoms with Crippen molar-refractivity contribution >= 4 is 23.4 Å². The summed E-state index contributed by atoms with van der Waals surface area (Å²) < 4.78 is 0. The van der Waals surface area contributed by atoms with Crippen molar-refractivity contribution in [1.82, 2.24) is 0 Å². The molecule has 0 saturated carbocycles. The van der Waals surface area contributed by atoms with Crippen molar-refractivity contribution in [3.63, 3.8) is 0 Å². The highest BCUT2D eigenvalue weighted by molar-refractivity contribution is 8.00. The first-order valence-corrected chi connectivity index (χ1v) is 6.08. The van der Waals surface area contributed by atoms with Gasteiger partial charge in [0.1, 0.15) is 0 Å². The Hall–Kier alpha value is -0.180. The summed E-state index contributed by atoms with van der Waals surface area (Å²) >= 11 is 7.79. The SMILES string of the molecule is CCC(C)Sc1cc(Cl)ccc1CN. The van der Waals surface area contributed by atoms with Gasteiger partial charge in [0.05, 0.1) is 0 Å². The Labute approximate surface area is 95.0 Å². The average molecular weight is 230 g/mol. The zero-order chi connectivity index (χ0) is 10.6. The molecule has 1 atom stereocenters. The lowest BCUT2D eigenvalue weighted by Crippen LogP contribution is -2.00. The monoisotopic (exact) mass is 229 g/mol. The summed E-state index contributed by atoms with van der Waals surface area (Å²) in [6, 6.07) is 5.90. The van der Waals surface area contributed by atoms with Crippen LogP contribution in [0.5, 0.6) is 0 Å². The Kier molecular flexibility index (Phi) is 4.79. The molecule has 78 valence electrons. The molecule has 0 aliphatic heterocycles. The lowest BCUT2D eigenvalue weighted by atomic mass is 10.2. The van der Waals surface area contributed by atoms with E-state index in [0.717, 1.165) is 11.4 Å². The van der Waals surface area contributed by atoms with Crippen molar-refractivity contribution in [3.8, 4) is 0 Å². The van der Waals surface area contributed by atoms with Gasteiger partial charge in [-0.3, -0.25) is 0 Å². The Morgan fingerprint density at radius 1 is 1.50 bits per heavy atom. The molecule has 1 rings (SSSR count). The largest absolute Gasteiger partial charge is 0.326 e. The first-order chi connectivity index (χ1) is 6.67. The fourth-order valence-corrected chi connectivity index (χ4v) is 2.44. The molecular formula is C11H16ClNS. The van der Waals surface area contributed by atoms with Crippen molar-refractivity contribution in [2.45, 2.75) is 37.0 Å². The van der Waals surface area contributed by atoms with Crippen LogP contribution in [0, 0.1) is 0 Å². The summed E-state index contributed by atoms with van der Waals surface area (Å²) in [6.45, 7) is 4.98. The molecule has 0 fully saturated rings. The molecule has 0 saturated heterocycles. The molecule has 3 heteroatoms. The van der Waals surface area contributed by atoms with Crippen LogP contribution in [-0.2, 0) is 6.54 Å². The predicted molar refractivity (Wildman–Crippen MR) is 65.0 cm³/mol. The van der Waals surface area contributed by atoms with Crippen LogP contribution >= 0.6 is 23.4 Å². The van der Waals surface area contributed by atoms with Gasteiger partial charge in [-0.05, 0) is 24.1 Å². The van der Waals surface area contributed by atoms with Gasteiger partial charge in [-0.1, -0.05) is 31.5 Å². The highest BCUT2D eigenvalue weighted by atomic mass is 35.5. The summed E-state index contributed by atoms with van der Waals surface area (Å²) in [5.41, 5.74) is 6.84. The van der Waals surface area contributed by atoms with E-state index < -0.39 is 0 Å². The van der Waals surface area contributed by atoms with Gasteiger partial charge in [-0.2, -0.15) is 0 Å². The minimum absolute atomic E-state index is 0.579. The standard InChI is InChI=1S/C11H16ClNS/c1-3-8(2)14-11-6-10(12)5-4-9(11)7-13/h4-6,8H,3,7,13H2,1-2H3. The van der Waals surface area contributed by atoms with Crippen LogP contribution in [0.25, 0.3) is 0 Å². The van der Waals surface area contributed by atoms with E-state index in [2.05, 4.69) is 13.8 Å². The van der Waals surface area contributed by atoms with Crippen LogP contribution in [0.2, 0.25) is 5.02 Å². The quantitative estimate of drug-likeness (QED) is 0.797. The van der Waals surface area contributed by atoms with Crippen LogP contribution in [0.3, 0.4) is 0 Å². The number of nitrogens with two attached hydrogens (primary N) is 1. The number of halogens is 1. The first-order valence-electron chi connectivity index (χ1n) is 4.82. The van der Waals surface area contributed by atoms with E-state index in [4.69, 9.17) is 17.3 Å². The van der Waals surface area contributed by atoms with E-state index in [1.165, 1.54) is 10.5 Å². The summed E-state index contributed by atoms with van der Waals surface area (Å²) in [6.07, 6.45) is 1.15. The Morgan fingerprint density at radius 3 is 2.79 bits per heavy atom. The maximum absolute atomic E-state index is 5.95. The number of hydrogen-bond donors (Lipinski definition) is 1. The van der Waals surface area contributed by atoms with Gasteiger partial charge in [-0.25, -0.2) is 0 Å². The van der Waals surface area contributed by atoms with E-state index in [-0.39, 0.29) is 0 Å². The van der Waals surface area contributed by atoms with Gasteiger partial charge in [-0.15, -0.1) is 11.8 Å². The lowest BCUT2D eigenvalue weighted by molar-refractivity contribution is 0.902. The van der Waals surface area contributed by atoms with Crippen LogP contribution in [0.1, 0.15) is 25.8 Å². The Morgan fingerprint density at radius 2 is 2.21 bits per heavy atom. The highest BCUT2D eigenvalue weighted by Crippen LogP contribution is 2.30. The molecule has 2 N–H and O–H groups in total. The van der Waals surface area contributed by atoms with E-state index in [0.29, 0.717) is 11.8 Å². The second-order valence-corrected chi connectivity index (χ2v) is 5.21. The van der Waals surface area contributed by atoms with Crippen molar-refractivity contribution in [2.24, 2.45) is 5.73 Å². The van der Waals surface area contributed by atoms with Crippen LogP contribution in [0.4, 0.5) is 0 Å². The lowest BCUT2D eigenvalue weighted by Gasteiger charge is -2.12. The first kappa shape index (κ1) is 11.9. The Bertz CT molecular complexity index is 301. The molecule has 0 amide bonds. The Balaban J connectivity index is 2.87. The third-order valence-electron chi connectivity index (χ3n) is 2.15. The maximum Gasteiger partial charge on any atom is 0.0417 e. The van der Waals surface area contributed by atoms with Crippen LogP contribution in [-0.4, -0.2) is 5.25 Å².